The van der Waals surface area contributed by atoms with Crippen LogP contribution in [0.25, 0.3) is 0 Å². The van der Waals surface area contributed by atoms with Crippen LogP contribution in [0.5, 0.6) is 11.5 Å². The topological polar surface area (TPSA) is 72.5 Å². The molecule has 1 aromatic heterocycles. The molecule has 0 atom stereocenters. The molecule has 1 heterocycles. The van der Waals surface area contributed by atoms with Crippen LogP contribution >= 0.6 is 11.6 Å². The van der Waals surface area contributed by atoms with E-state index in [1.807, 2.05) is 12.1 Å². The van der Waals surface area contributed by atoms with Crippen molar-refractivity contribution in [1.29, 1.82) is 0 Å². The highest BCUT2D eigenvalue weighted by atomic mass is 35.5. The van der Waals surface area contributed by atoms with Gasteiger partial charge in [-0.05, 0) is 42.5 Å². The van der Waals surface area contributed by atoms with E-state index in [1.54, 1.807) is 62.9 Å². The van der Waals surface area contributed by atoms with Crippen LogP contribution in [-0.2, 0) is 0 Å². The Morgan fingerprint density at radius 3 is 2.52 bits per heavy atom. The second kappa shape index (κ2) is 8.42. The Hall–Kier alpha value is -3.25. The van der Waals surface area contributed by atoms with Crippen molar-refractivity contribution in [3.63, 3.8) is 0 Å². The average molecular weight is 384 g/mol. The van der Waals surface area contributed by atoms with E-state index < -0.39 is 0 Å². The smallest absolute Gasteiger partial charge is 0.274 e. The summed E-state index contributed by atoms with van der Waals surface area (Å²) in [4.78, 5) is 16.5. The number of pyridine rings is 1. The summed E-state index contributed by atoms with van der Waals surface area (Å²) in [5.74, 6) is 1.02. The summed E-state index contributed by atoms with van der Waals surface area (Å²) in [5.41, 5.74) is 2.38. The van der Waals surface area contributed by atoms with E-state index in [1.165, 1.54) is 0 Å². The summed E-state index contributed by atoms with van der Waals surface area (Å²) in [6.07, 6.45) is 1.58. The van der Waals surface area contributed by atoms with Gasteiger partial charge in [0.25, 0.3) is 5.91 Å². The SMILES string of the molecule is COc1ccc(Nc2ccc(C(=O)Nc3cccc(Cl)c3)nc2)c(OC)c1. The van der Waals surface area contributed by atoms with E-state index in [9.17, 15) is 4.79 Å². The maximum Gasteiger partial charge on any atom is 0.274 e. The molecular formula is C20H18ClN3O3. The van der Waals surface area contributed by atoms with Crippen LogP contribution in [-0.4, -0.2) is 25.1 Å². The second-order valence-electron chi connectivity index (χ2n) is 5.59. The highest BCUT2D eigenvalue weighted by molar-refractivity contribution is 6.30. The monoisotopic (exact) mass is 383 g/mol. The van der Waals surface area contributed by atoms with Gasteiger partial charge in [-0.2, -0.15) is 0 Å². The van der Waals surface area contributed by atoms with Crippen LogP contribution < -0.4 is 20.1 Å². The minimum absolute atomic E-state index is 0.294. The minimum atomic E-state index is -0.314. The van der Waals surface area contributed by atoms with Crippen LogP contribution in [0, 0.1) is 0 Å². The zero-order valence-corrected chi connectivity index (χ0v) is 15.6. The summed E-state index contributed by atoms with van der Waals surface area (Å²) >= 11 is 5.92. The number of rotatable bonds is 6. The number of nitrogens with one attached hydrogen (secondary N) is 2. The molecule has 2 N–H and O–H groups in total. The van der Waals surface area contributed by atoms with E-state index in [-0.39, 0.29) is 5.91 Å². The molecule has 0 aliphatic carbocycles. The third-order valence-electron chi connectivity index (χ3n) is 3.77. The van der Waals surface area contributed by atoms with Crippen LogP contribution in [0.15, 0.2) is 60.8 Å². The molecule has 138 valence electrons. The Morgan fingerprint density at radius 1 is 1.00 bits per heavy atom. The van der Waals surface area contributed by atoms with E-state index in [4.69, 9.17) is 21.1 Å². The van der Waals surface area contributed by atoms with E-state index in [0.717, 1.165) is 11.4 Å². The van der Waals surface area contributed by atoms with Crippen molar-refractivity contribution in [2.24, 2.45) is 0 Å². The number of halogens is 1. The molecule has 0 unspecified atom stereocenters. The van der Waals surface area contributed by atoms with Crippen molar-refractivity contribution in [1.82, 2.24) is 4.98 Å². The number of aromatic nitrogens is 1. The second-order valence-corrected chi connectivity index (χ2v) is 6.02. The maximum absolute atomic E-state index is 12.3. The molecule has 3 rings (SSSR count). The Bertz CT molecular complexity index is 945. The van der Waals surface area contributed by atoms with Gasteiger partial charge in [0.15, 0.2) is 0 Å². The quantitative estimate of drug-likeness (QED) is 0.642. The van der Waals surface area contributed by atoms with Crippen molar-refractivity contribution < 1.29 is 14.3 Å². The van der Waals surface area contributed by atoms with E-state index in [2.05, 4.69) is 15.6 Å². The first-order chi connectivity index (χ1) is 13.1. The fourth-order valence-electron chi connectivity index (χ4n) is 2.42. The van der Waals surface area contributed by atoms with E-state index in [0.29, 0.717) is 27.9 Å². The molecule has 3 aromatic rings. The molecule has 0 saturated carbocycles. The molecule has 0 fully saturated rings. The fourth-order valence-corrected chi connectivity index (χ4v) is 2.61. The first-order valence-electron chi connectivity index (χ1n) is 8.11. The van der Waals surface area contributed by atoms with Gasteiger partial charge in [0.1, 0.15) is 17.2 Å². The number of anilines is 3. The van der Waals surface area contributed by atoms with Crippen LogP contribution in [0.2, 0.25) is 5.02 Å². The molecule has 0 aliphatic rings. The lowest BCUT2D eigenvalue weighted by atomic mass is 10.2. The molecular weight excluding hydrogens is 366 g/mol. The van der Waals surface area contributed by atoms with Crippen molar-refractivity contribution in [3.8, 4) is 11.5 Å². The summed E-state index contributed by atoms with van der Waals surface area (Å²) in [5, 5.41) is 6.51. The summed E-state index contributed by atoms with van der Waals surface area (Å²) in [7, 11) is 3.18. The Morgan fingerprint density at radius 2 is 1.85 bits per heavy atom. The number of hydrogen-bond acceptors (Lipinski definition) is 5. The predicted molar refractivity (Wildman–Crippen MR) is 106 cm³/mol. The molecule has 7 heteroatoms. The lowest BCUT2D eigenvalue weighted by molar-refractivity contribution is 0.102. The lowest BCUT2D eigenvalue weighted by Gasteiger charge is -2.12. The third kappa shape index (κ3) is 4.68. The van der Waals surface area contributed by atoms with Gasteiger partial charge in [0, 0.05) is 16.8 Å². The summed E-state index contributed by atoms with van der Waals surface area (Å²) < 4.78 is 10.5. The Balaban J connectivity index is 1.71. The zero-order chi connectivity index (χ0) is 19.2. The molecule has 0 aliphatic heterocycles. The number of benzene rings is 2. The Kier molecular flexibility index (Phi) is 5.78. The van der Waals surface area contributed by atoms with Gasteiger partial charge in [-0.3, -0.25) is 4.79 Å². The van der Waals surface area contributed by atoms with Gasteiger partial charge in [0.2, 0.25) is 0 Å². The predicted octanol–water partition coefficient (Wildman–Crippen LogP) is 4.75. The van der Waals surface area contributed by atoms with Gasteiger partial charge in [-0.15, -0.1) is 0 Å². The number of carbonyl (C=O) groups excluding carboxylic acids is 1. The number of methoxy groups -OCH3 is 2. The molecule has 0 radical (unpaired) electrons. The largest absolute Gasteiger partial charge is 0.497 e. The molecule has 2 aromatic carbocycles. The van der Waals surface area contributed by atoms with Gasteiger partial charge in [-0.1, -0.05) is 17.7 Å². The van der Waals surface area contributed by atoms with Crippen molar-refractivity contribution in [3.05, 3.63) is 71.5 Å². The van der Waals surface area contributed by atoms with Gasteiger partial charge < -0.3 is 20.1 Å². The highest BCUT2D eigenvalue weighted by Crippen LogP contribution is 2.31. The van der Waals surface area contributed by atoms with Gasteiger partial charge >= 0.3 is 0 Å². The lowest BCUT2D eigenvalue weighted by Crippen LogP contribution is -2.13. The average Bonchev–Trinajstić information content (AvgIpc) is 2.69. The molecule has 1 amide bonds. The van der Waals surface area contributed by atoms with Crippen LogP contribution in [0.1, 0.15) is 10.5 Å². The number of amides is 1. The number of hydrogen-bond donors (Lipinski definition) is 2. The minimum Gasteiger partial charge on any atom is -0.497 e. The molecule has 0 spiro atoms. The third-order valence-corrected chi connectivity index (χ3v) is 4.00. The van der Waals surface area contributed by atoms with Crippen molar-refractivity contribution in [2.45, 2.75) is 0 Å². The molecule has 6 nitrogen and oxygen atoms in total. The maximum atomic E-state index is 12.3. The standard InChI is InChI=1S/C20H18ClN3O3/c1-26-16-7-9-17(19(11-16)27-2)23-15-6-8-18(22-12-15)20(25)24-14-5-3-4-13(21)10-14/h3-12,23H,1-2H3,(H,24,25). The number of ether oxygens (including phenoxy) is 2. The first-order valence-corrected chi connectivity index (χ1v) is 8.49. The number of nitrogens with zero attached hydrogens (tertiary/aromatic N) is 1. The van der Waals surface area contributed by atoms with Gasteiger partial charge in [0.05, 0.1) is 31.8 Å². The van der Waals surface area contributed by atoms with Gasteiger partial charge in [-0.25, -0.2) is 4.98 Å². The Labute approximate surface area is 162 Å². The van der Waals surface area contributed by atoms with Crippen molar-refractivity contribution >= 4 is 34.6 Å². The highest BCUT2D eigenvalue weighted by Gasteiger charge is 2.09. The van der Waals surface area contributed by atoms with Crippen LogP contribution in [0.3, 0.4) is 0 Å². The summed E-state index contributed by atoms with van der Waals surface area (Å²) in [6, 6.07) is 15.8. The zero-order valence-electron chi connectivity index (χ0n) is 14.8. The fraction of sp³-hybridized carbons (Fsp3) is 0.100. The first kappa shape index (κ1) is 18.5. The molecule has 0 bridgehead atoms. The summed E-state index contributed by atoms with van der Waals surface area (Å²) in [6.45, 7) is 0. The normalized spacial score (nSPS) is 10.2. The van der Waals surface area contributed by atoms with Crippen LogP contribution in [0.4, 0.5) is 17.1 Å². The molecule has 0 saturated heterocycles. The van der Waals surface area contributed by atoms with E-state index >= 15 is 0 Å². The molecule has 27 heavy (non-hydrogen) atoms. The number of carbonyl (C=O) groups is 1. The van der Waals surface area contributed by atoms with Crippen molar-refractivity contribution in [2.75, 3.05) is 24.9 Å².